The molecule has 1 aromatic carbocycles. The van der Waals surface area contributed by atoms with Gasteiger partial charge in [0.1, 0.15) is 5.82 Å². The third kappa shape index (κ3) is 2.51. The molecular formula is C11H12ClFN2O. The fraction of sp³-hybridized carbons (Fsp3) is 0.364. The Morgan fingerprint density at radius 1 is 1.56 bits per heavy atom. The number of carbonyl (C=O) groups is 1. The van der Waals surface area contributed by atoms with E-state index in [1.54, 1.807) is 6.07 Å². The predicted octanol–water partition coefficient (Wildman–Crippen LogP) is 2.03. The summed E-state index contributed by atoms with van der Waals surface area (Å²) in [6, 6.07) is 4.24. The number of carbonyl (C=O) groups excluding carboxylic acids is 1. The second-order valence-corrected chi connectivity index (χ2v) is 4.22. The topological polar surface area (TPSA) is 41.1 Å². The fourth-order valence-corrected chi connectivity index (χ4v) is 1.81. The summed E-state index contributed by atoms with van der Waals surface area (Å²) in [5, 5.41) is 5.83. The molecule has 0 aromatic heterocycles. The zero-order valence-electron chi connectivity index (χ0n) is 8.59. The number of hydrogen-bond donors (Lipinski definition) is 2. The molecule has 1 atom stereocenters. The van der Waals surface area contributed by atoms with Gasteiger partial charge in [0.25, 0.3) is 0 Å². The molecule has 0 bridgehead atoms. The van der Waals surface area contributed by atoms with Gasteiger partial charge in [-0.1, -0.05) is 11.6 Å². The molecule has 1 saturated heterocycles. The Hall–Kier alpha value is -1.13. The summed E-state index contributed by atoms with van der Waals surface area (Å²) in [4.78, 5) is 11.7. The fourth-order valence-electron chi connectivity index (χ4n) is 1.70. The first-order chi connectivity index (χ1) is 7.66. The van der Waals surface area contributed by atoms with E-state index in [0.717, 1.165) is 13.0 Å². The zero-order chi connectivity index (χ0) is 11.5. The van der Waals surface area contributed by atoms with Gasteiger partial charge in [-0.25, -0.2) is 4.39 Å². The monoisotopic (exact) mass is 242 g/mol. The van der Waals surface area contributed by atoms with Crippen LogP contribution in [0.5, 0.6) is 0 Å². The molecule has 3 nitrogen and oxygen atoms in total. The minimum absolute atomic E-state index is 0.0289. The lowest BCUT2D eigenvalue weighted by Gasteiger charge is -2.09. The second kappa shape index (κ2) is 4.80. The highest BCUT2D eigenvalue weighted by Gasteiger charge is 2.22. The summed E-state index contributed by atoms with van der Waals surface area (Å²) in [6.07, 6.45) is 0.821. The molecule has 1 aromatic rings. The van der Waals surface area contributed by atoms with Gasteiger partial charge in [0.15, 0.2) is 0 Å². The van der Waals surface area contributed by atoms with Crippen LogP contribution in [0.4, 0.5) is 10.1 Å². The van der Waals surface area contributed by atoms with Gasteiger partial charge in [0.2, 0.25) is 5.91 Å². The van der Waals surface area contributed by atoms with Crippen molar-refractivity contribution >= 4 is 23.2 Å². The van der Waals surface area contributed by atoms with Crippen molar-refractivity contribution in [2.24, 2.45) is 5.92 Å². The summed E-state index contributed by atoms with van der Waals surface area (Å²) in [7, 11) is 0. The molecule has 0 aliphatic carbocycles. The molecule has 1 heterocycles. The van der Waals surface area contributed by atoms with Gasteiger partial charge in [-0.2, -0.15) is 0 Å². The number of benzene rings is 1. The van der Waals surface area contributed by atoms with Gasteiger partial charge in [-0.15, -0.1) is 0 Å². The summed E-state index contributed by atoms with van der Waals surface area (Å²) >= 11 is 5.55. The number of rotatable bonds is 2. The number of anilines is 1. The Labute approximate surface area is 98.0 Å². The van der Waals surface area contributed by atoms with Crippen LogP contribution in [0.3, 0.4) is 0 Å². The molecular weight excluding hydrogens is 231 g/mol. The van der Waals surface area contributed by atoms with Gasteiger partial charge in [-0.3, -0.25) is 4.79 Å². The maximum atomic E-state index is 13.1. The average molecular weight is 243 g/mol. The molecule has 5 heteroatoms. The third-order valence-electron chi connectivity index (χ3n) is 2.62. The number of amides is 1. The molecule has 1 aliphatic heterocycles. The average Bonchev–Trinajstić information content (AvgIpc) is 2.77. The second-order valence-electron chi connectivity index (χ2n) is 3.81. The van der Waals surface area contributed by atoms with Gasteiger partial charge in [0, 0.05) is 12.2 Å². The lowest BCUT2D eigenvalue weighted by molar-refractivity contribution is -0.119. The SMILES string of the molecule is O=C(Nc1ccc(Cl)c(F)c1)C1CCNC1. The van der Waals surface area contributed by atoms with Crippen LogP contribution < -0.4 is 10.6 Å². The summed E-state index contributed by atoms with van der Waals surface area (Å²) in [5.41, 5.74) is 0.443. The van der Waals surface area contributed by atoms with Crippen molar-refractivity contribution in [3.8, 4) is 0 Å². The molecule has 86 valence electrons. The van der Waals surface area contributed by atoms with Crippen LogP contribution in [-0.2, 0) is 4.79 Å². The van der Waals surface area contributed by atoms with Gasteiger partial charge in [0.05, 0.1) is 10.9 Å². The first-order valence-corrected chi connectivity index (χ1v) is 5.51. The number of halogens is 2. The van der Waals surface area contributed by atoms with E-state index in [9.17, 15) is 9.18 Å². The van der Waals surface area contributed by atoms with Crippen molar-refractivity contribution in [2.75, 3.05) is 18.4 Å². The number of nitrogens with one attached hydrogen (secondary N) is 2. The van der Waals surface area contributed by atoms with E-state index in [-0.39, 0.29) is 16.8 Å². The Morgan fingerprint density at radius 2 is 2.38 bits per heavy atom. The highest BCUT2D eigenvalue weighted by molar-refractivity contribution is 6.30. The molecule has 1 unspecified atom stereocenters. The number of hydrogen-bond acceptors (Lipinski definition) is 2. The first kappa shape index (κ1) is 11.4. The van der Waals surface area contributed by atoms with Gasteiger partial charge < -0.3 is 10.6 Å². The molecule has 1 aliphatic rings. The van der Waals surface area contributed by atoms with Gasteiger partial charge in [-0.05, 0) is 31.2 Å². The lowest BCUT2D eigenvalue weighted by Crippen LogP contribution is -2.24. The van der Waals surface area contributed by atoms with E-state index in [0.29, 0.717) is 12.2 Å². The van der Waals surface area contributed by atoms with E-state index in [4.69, 9.17) is 11.6 Å². The van der Waals surface area contributed by atoms with Crippen LogP contribution in [0, 0.1) is 11.7 Å². The Kier molecular flexibility index (Phi) is 3.41. The van der Waals surface area contributed by atoms with Crippen molar-refractivity contribution in [3.05, 3.63) is 29.0 Å². The molecule has 0 spiro atoms. The Balaban J connectivity index is 2.02. The highest BCUT2D eigenvalue weighted by Crippen LogP contribution is 2.19. The van der Waals surface area contributed by atoms with Crippen LogP contribution in [0.15, 0.2) is 18.2 Å². The van der Waals surface area contributed by atoms with Crippen LogP contribution in [0.1, 0.15) is 6.42 Å². The molecule has 1 amide bonds. The standard InChI is InChI=1S/C11H12ClFN2O/c12-9-2-1-8(5-10(9)13)15-11(16)7-3-4-14-6-7/h1-2,5,7,14H,3-4,6H2,(H,15,16). The van der Waals surface area contributed by atoms with Crippen molar-refractivity contribution in [1.29, 1.82) is 0 Å². The van der Waals surface area contributed by atoms with E-state index in [1.165, 1.54) is 12.1 Å². The first-order valence-electron chi connectivity index (χ1n) is 5.13. The molecule has 0 radical (unpaired) electrons. The molecule has 0 saturated carbocycles. The molecule has 2 rings (SSSR count). The minimum Gasteiger partial charge on any atom is -0.326 e. The van der Waals surface area contributed by atoms with Crippen molar-refractivity contribution < 1.29 is 9.18 Å². The zero-order valence-corrected chi connectivity index (χ0v) is 9.35. The molecule has 1 fully saturated rings. The van der Waals surface area contributed by atoms with E-state index in [2.05, 4.69) is 10.6 Å². The van der Waals surface area contributed by atoms with Crippen molar-refractivity contribution in [2.45, 2.75) is 6.42 Å². The van der Waals surface area contributed by atoms with Gasteiger partial charge >= 0.3 is 0 Å². The maximum Gasteiger partial charge on any atom is 0.228 e. The lowest BCUT2D eigenvalue weighted by atomic mass is 10.1. The summed E-state index contributed by atoms with van der Waals surface area (Å²) < 4.78 is 13.1. The Morgan fingerprint density at radius 3 is 3.00 bits per heavy atom. The summed E-state index contributed by atoms with van der Waals surface area (Å²) in [6.45, 7) is 1.54. The maximum absolute atomic E-state index is 13.1. The Bertz CT molecular complexity index is 405. The minimum atomic E-state index is -0.524. The van der Waals surface area contributed by atoms with Crippen molar-refractivity contribution in [3.63, 3.8) is 0 Å². The van der Waals surface area contributed by atoms with Crippen LogP contribution in [-0.4, -0.2) is 19.0 Å². The van der Waals surface area contributed by atoms with E-state index < -0.39 is 5.82 Å². The van der Waals surface area contributed by atoms with Crippen LogP contribution in [0.2, 0.25) is 5.02 Å². The van der Waals surface area contributed by atoms with Crippen LogP contribution >= 0.6 is 11.6 Å². The highest BCUT2D eigenvalue weighted by atomic mass is 35.5. The van der Waals surface area contributed by atoms with E-state index in [1.807, 2.05) is 0 Å². The largest absolute Gasteiger partial charge is 0.326 e. The molecule has 16 heavy (non-hydrogen) atoms. The quantitative estimate of drug-likeness (QED) is 0.833. The summed E-state index contributed by atoms with van der Waals surface area (Å²) in [5.74, 6) is -0.630. The normalized spacial score (nSPS) is 19.8. The van der Waals surface area contributed by atoms with Crippen LogP contribution in [0.25, 0.3) is 0 Å². The van der Waals surface area contributed by atoms with E-state index >= 15 is 0 Å². The molecule has 2 N–H and O–H groups in total. The third-order valence-corrected chi connectivity index (χ3v) is 2.92. The van der Waals surface area contributed by atoms with Crippen molar-refractivity contribution in [1.82, 2.24) is 5.32 Å². The smallest absolute Gasteiger partial charge is 0.228 e. The predicted molar refractivity (Wildman–Crippen MR) is 61.0 cm³/mol.